The van der Waals surface area contributed by atoms with Crippen LogP contribution < -0.4 is 0 Å². The molecule has 0 aromatic heterocycles. The zero-order chi connectivity index (χ0) is 12.9. The van der Waals surface area contributed by atoms with Crippen LogP contribution in [0.25, 0.3) is 0 Å². The number of amides is 2. The molecule has 0 rings (SSSR count). The second kappa shape index (κ2) is 6.09. The van der Waals surface area contributed by atoms with Crippen LogP contribution in [0.15, 0.2) is 0 Å². The van der Waals surface area contributed by atoms with E-state index < -0.39 is 0 Å². The third-order valence-corrected chi connectivity index (χ3v) is 2.28. The predicted octanol–water partition coefficient (Wildman–Crippen LogP) is 1.19. The molecule has 0 heterocycles. The topological polar surface area (TPSA) is 40.6 Å². The van der Waals surface area contributed by atoms with Gasteiger partial charge in [0.1, 0.15) is 5.88 Å². The van der Waals surface area contributed by atoms with Gasteiger partial charge in [0, 0.05) is 20.6 Å². The van der Waals surface area contributed by atoms with Crippen LogP contribution in [0.1, 0.15) is 20.8 Å². The van der Waals surface area contributed by atoms with Crippen LogP contribution in [0.4, 0.5) is 0 Å². The van der Waals surface area contributed by atoms with Crippen LogP contribution in [0, 0.1) is 5.41 Å². The van der Waals surface area contributed by atoms with E-state index in [1.807, 2.05) is 0 Å². The van der Waals surface area contributed by atoms with E-state index in [0.29, 0.717) is 6.54 Å². The Bertz CT molecular complexity index is 261. The number of halogens is 1. The summed E-state index contributed by atoms with van der Waals surface area (Å²) in [4.78, 5) is 25.9. The average Bonchev–Trinajstić information content (AvgIpc) is 2.13. The van der Waals surface area contributed by atoms with Crippen molar-refractivity contribution in [2.24, 2.45) is 5.41 Å². The molecule has 0 spiro atoms. The SMILES string of the molecule is CN(CC(=O)N(C)CC(C)(C)C)C(=O)CCl. The van der Waals surface area contributed by atoms with Crippen LogP contribution in [0.5, 0.6) is 0 Å². The van der Waals surface area contributed by atoms with Gasteiger partial charge in [-0.3, -0.25) is 9.59 Å². The number of nitrogens with zero attached hydrogens (tertiary/aromatic N) is 2. The molecule has 0 N–H and O–H groups in total. The summed E-state index contributed by atoms with van der Waals surface area (Å²) < 4.78 is 0. The minimum absolute atomic E-state index is 0.0550. The molecule has 0 aliphatic heterocycles. The predicted molar refractivity (Wildman–Crippen MR) is 65.4 cm³/mol. The highest BCUT2D eigenvalue weighted by Crippen LogP contribution is 2.14. The fourth-order valence-electron chi connectivity index (χ4n) is 1.31. The standard InChI is InChI=1S/C11H21ClN2O2/c1-11(2,3)8-14(5)10(16)7-13(4)9(15)6-12/h6-8H2,1-5H3. The van der Waals surface area contributed by atoms with Crippen molar-refractivity contribution in [3.8, 4) is 0 Å². The third kappa shape index (κ3) is 5.95. The van der Waals surface area contributed by atoms with Crippen molar-refractivity contribution < 1.29 is 9.59 Å². The number of carbonyl (C=O) groups excluding carboxylic acids is 2. The molecule has 0 aliphatic rings. The summed E-state index contributed by atoms with van der Waals surface area (Å²) in [7, 11) is 3.32. The molecule has 0 unspecified atom stereocenters. The maximum Gasteiger partial charge on any atom is 0.241 e. The van der Waals surface area contributed by atoms with Gasteiger partial charge in [0.25, 0.3) is 0 Å². The monoisotopic (exact) mass is 248 g/mol. The summed E-state index contributed by atoms with van der Waals surface area (Å²) in [6, 6.07) is 0. The maximum atomic E-state index is 11.7. The Kier molecular flexibility index (Phi) is 5.79. The molecular weight excluding hydrogens is 228 g/mol. The molecule has 16 heavy (non-hydrogen) atoms. The van der Waals surface area contributed by atoms with Crippen LogP contribution >= 0.6 is 11.6 Å². The van der Waals surface area contributed by atoms with Gasteiger partial charge in [0.05, 0.1) is 6.54 Å². The van der Waals surface area contributed by atoms with E-state index >= 15 is 0 Å². The lowest BCUT2D eigenvalue weighted by atomic mass is 9.96. The van der Waals surface area contributed by atoms with Crippen molar-refractivity contribution in [3.05, 3.63) is 0 Å². The minimum atomic E-state index is -0.237. The molecule has 4 nitrogen and oxygen atoms in total. The Balaban J connectivity index is 4.21. The molecule has 0 aromatic carbocycles. The highest BCUT2D eigenvalue weighted by atomic mass is 35.5. The Morgan fingerprint density at radius 3 is 1.94 bits per heavy atom. The van der Waals surface area contributed by atoms with Crippen molar-refractivity contribution in [2.45, 2.75) is 20.8 Å². The van der Waals surface area contributed by atoms with E-state index in [4.69, 9.17) is 11.6 Å². The first-order valence-corrected chi connectivity index (χ1v) is 5.74. The Labute approximate surface area is 103 Å². The summed E-state index contributed by atoms with van der Waals surface area (Å²) in [5.74, 6) is -0.401. The molecule has 0 saturated heterocycles. The summed E-state index contributed by atoms with van der Waals surface area (Å²) in [5.41, 5.74) is 0.0550. The van der Waals surface area contributed by atoms with Crippen molar-refractivity contribution in [1.82, 2.24) is 9.80 Å². The van der Waals surface area contributed by atoms with Crippen LogP contribution in [0.2, 0.25) is 0 Å². The van der Waals surface area contributed by atoms with E-state index in [9.17, 15) is 9.59 Å². The van der Waals surface area contributed by atoms with Gasteiger partial charge in [-0.1, -0.05) is 20.8 Å². The molecule has 0 atom stereocenters. The van der Waals surface area contributed by atoms with Crippen molar-refractivity contribution in [1.29, 1.82) is 0 Å². The highest BCUT2D eigenvalue weighted by Gasteiger charge is 2.19. The van der Waals surface area contributed by atoms with Crippen molar-refractivity contribution in [3.63, 3.8) is 0 Å². The highest BCUT2D eigenvalue weighted by molar-refractivity contribution is 6.27. The average molecular weight is 249 g/mol. The van der Waals surface area contributed by atoms with Gasteiger partial charge in [-0.25, -0.2) is 0 Å². The lowest BCUT2D eigenvalue weighted by Crippen LogP contribution is -2.42. The molecular formula is C11H21ClN2O2. The Morgan fingerprint density at radius 2 is 1.56 bits per heavy atom. The first kappa shape index (κ1) is 15.2. The summed E-state index contributed by atoms with van der Waals surface area (Å²) in [6.45, 7) is 6.92. The molecule has 0 saturated carbocycles. The summed E-state index contributed by atoms with van der Waals surface area (Å²) >= 11 is 5.40. The van der Waals surface area contributed by atoms with Gasteiger partial charge < -0.3 is 9.80 Å². The molecule has 0 radical (unpaired) electrons. The minimum Gasteiger partial charge on any atom is -0.344 e. The Hall–Kier alpha value is -0.770. The number of rotatable bonds is 4. The number of hydrogen-bond donors (Lipinski definition) is 0. The summed E-state index contributed by atoms with van der Waals surface area (Å²) in [5, 5.41) is 0. The summed E-state index contributed by atoms with van der Waals surface area (Å²) in [6.07, 6.45) is 0. The van der Waals surface area contributed by atoms with E-state index in [2.05, 4.69) is 20.8 Å². The smallest absolute Gasteiger partial charge is 0.241 e. The van der Waals surface area contributed by atoms with E-state index in [0.717, 1.165) is 0 Å². The number of likely N-dealkylation sites (N-methyl/N-ethyl adjacent to an activating group) is 2. The van der Waals surface area contributed by atoms with E-state index in [1.54, 1.807) is 19.0 Å². The van der Waals surface area contributed by atoms with Gasteiger partial charge >= 0.3 is 0 Å². The molecule has 0 bridgehead atoms. The molecule has 0 fully saturated rings. The molecule has 0 aliphatic carbocycles. The zero-order valence-corrected chi connectivity index (χ0v) is 11.5. The number of hydrogen-bond acceptors (Lipinski definition) is 2. The first-order chi connectivity index (χ1) is 7.17. The normalized spacial score (nSPS) is 11.1. The number of carbonyl (C=O) groups is 2. The van der Waals surface area contributed by atoms with Gasteiger partial charge in [-0.2, -0.15) is 0 Å². The lowest BCUT2D eigenvalue weighted by Gasteiger charge is -2.28. The fraction of sp³-hybridized carbons (Fsp3) is 0.818. The van der Waals surface area contributed by atoms with Gasteiger partial charge in [-0.15, -0.1) is 11.6 Å². The quantitative estimate of drug-likeness (QED) is 0.702. The molecule has 2 amide bonds. The van der Waals surface area contributed by atoms with Crippen LogP contribution in [-0.2, 0) is 9.59 Å². The molecule has 94 valence electrons. The van der Waals surface area contributed by atoms with Gasteiger partial charge in [0.15, 0.2) is 0 Å². The second-order valence-corrected chi connectivity index (χ2v) is 5.46. The second-order valence-electron chi connectivity index (χ2n) is 5.19. The number of alkyl halides is 1. The van der Waals surface area contributed by atoms with Crippen molar-refractivity contribution >= 4 is 23.4 Å². The largest absolute Gasteiger partial charge is 0.344 e. The lowest BCUT2D eigenvalue weighted by molar-refractivity contribution is -0.138. The van der Waals surface area contributed by atoms with E-state index in [-0.39, 0.29) is 29.7 Å². The Morgan fingerprint density at radius 1 is 1.06 bits per heavy atom. The van der Waals surface area contributed by atoms with Gasteiger partial charge in [0.2, 0.25) is 11.8 Å². The molecule has 0 aromatic rings. The van der Waals surface area contributed by atoms with Crippen LogP contribution in [0.3, 0.4) is 0 Å². The first-order valence-electron chi connectivity index (χ1n) is 5.21. The zero-order valence-electron chi connectivity index (χ0n) is 10.7. The molecule has 5 heteroatoms. The fourth-order valence-corrected chi connectivity index (χ4v) is 1.52. The van der Waals surface area contributed by atoms with Gasteiger partial charge in [-0.05, 0) is 5.41 Å². The third-order valence-electron chi connectivity index (χ3n) is 2.05. The van der Waals surface area contributed by atoms with Crippen molar-refractivity contribution in [2.75, 3.05) is 33.1 Å². The van der Waals surface area contributed by atoms with E-state index in [1.165, 1.54) is 4.90 Å². The maximum absolute atomic E-state index is 11.7. The van der Waals surface area contributed by atoms with Crippen LogP contribution in [-0.4, -0.2) is 54.7 Å².